The Morgan fingerprint density at radius 3 is 2.47 bits per heavy atom. The average Bonchev–Trinajstić information content (AvgIpc) is 2.30. The van der Waals surface area contributed by atoms with E-state index < -0.39 is 17.0 Å². The first-order valence-electron chi connectivity index (χ1n) is 5.62. The number of Topliss-reactive ketones (excluding diaryl/α,β-unsaturated/α-hetero) is 1. The Morgan fingerprint density at radius 1 is 1.37 bits per heavy atom. The van der Waals surface area contributed by atoms with Gasteiger partial charge in [0.15, 0.2) is 5.78 Å². The van der Waals surface area contributed by atoms with E-state index in [1.165, 1.54) is 6.07 Å². The number of ketones is 1. The van der Waals surface area contributed by atoms with Gasteiger partial charge in [0.1, 0.15) is 23.3 Å². The molecule has 0 aromatic heterocycles. The second-order valence-electron chi connectivity index (χ2n) is 5.02. The number of benzene rings is 1. The van der Waals surface area contributed by atoms with Crippen molar-refractivity contribution >= 4 is 11.5 Å². The third kappa shape index (κ3) is 3.88. The normalized spacial score (nSPS) is 11.9. The molecule has 0 atom stereocenters. The second kappa shape index (κ2) is 5.61. The highest BCUT2D eigenvalue weighted by atomic mass is 19.1. The number of halogens is 2. The van der Waals surface area contributed by atoms with Crippen molar-refractivity contribution in [2.24, 2.45) is 5.41 Å². The number of anilines is 1. The molecule has 0 amide bonds. The minimum absolute atomic E-state index is 0.00383. The van der Waals surface area contributed by atoms with Gasteiger partial charge in [0.25, 0.3) is 0 Å². The standard InChI is InChI=1S/C14H14F2N2O/c1-14(2,3)13(19)9(7-17)8-18-12-5-4-10(15)6-11(12)16/h4-6,8,18H,1-3H3/b9-8-. The Morgan fingerprint density at radius 2 is 2.00 bits per heavy atom. The molecule has 0 bridgehead atoms. The molecule has 0 heterocycles. The van der Waals surface area contributed by atoms with E-state index in [2.05, 4.69) is 5.32 Å². The molecule has 0 aliphatic heterocycles. The lowest BCUT2D eigenvalue weighted by atomic mass is 9.87. The summed E-state index contributed by atoms with van der Waals surface area (Å²) in [6, 6.07) is 4.75. The summed E-state index contributed by atoms with van der Waals surface area (Å²) in [5, 5.41) is 11.4. The highest BCUT2D eigenvalue weighted by Gasteiger charge is 2.25. The Hall–Kier alpha value is -2.22. The lowest BCUT2D eigenvalue weighted by Crippen LogP contribution is -2.22. The number of carbonyl (C=O) groups excluding carboxylic acids is 1. The van der Waals surface area contributed by atoms with Crippen LogP contribution in [0.4, 0.5) is 14.5 Å². The summed E-state index contributed by atoms with van der Waals surface area (Å²) in [6.07, 6.45) is 1.13. The summed E-state index contributed by atoms with van der Waals surface area (Å²) in [5.74, 6) is -1.85. The molecule has 0 saturated carbocycles. The molecule has 1 N–H and O–H groups in total. The van der Waals surface area contributed by atoms with E-state index in [0.29, 0.717) is 6.07 Å². The van der Waals surface area contributed by atoms with Gasteiger partial charge < -0.3 is 5.32 Å². The van der Waals surface area contributed by atoms with Crippen LogP contribution in [0.15, 0.2) is 30.0 Å². The van der Waals surface area contributed by atoms with Crippen LogP contribution in [-0.2, 0) is 4.79 Å². The van der Waals surface area contributed by atoms with Crippen molar-refractivity contribution in [1.82, 2.24) is 0 Å². The number of hydrogen-bond donors (Lipinski definition) is 1. The maximum atomic E-state index is 13.3. The van der Waals surface area contributed by atoms with Crippen LogP contribution in [0.5, 0.6) is 0 Å². The lowest BCUT2D eigenvalue weighted by molar-refractivity contribution is -0.122. The molecule has 100 valence electrons. The molecule has 1 aromatic rings. The van der Waals surface area contributed by atoms with Gasteiger partial charge in [-0.3, -0.25) is 4.79 Å². The maximum absolute atomic E-state index is 13.3. The van der Waals surface area contributed by atoms with Crippen molar-refractivity contribution < 1.29 is 13.6 Å². The molecule has 0 aliphatic carbocycles. The summed E-state index contributed by atoms with van der Waals surface area (Å²) in [6.45, 7) is 5.04. The zero-order valence-electron chi connectivity index (χ0n) is 10.9. The van der Waals surface area contributed by atoms with Crippen molar-refractivity contribution in [3.05, 3.63) is 41.6 Å². The predicted octanol–water partition coefficient (Wildman–Crippen LogP) is 3.40. The van der Waals surface area contributed by atoms with Gasteiger partial charge in [0.05, 0.1) is 5.69 Å². The van der Waals surface area contributed by atoms with Crippen LogP contribution in [-0.4, -0.2) is 5.78 Å². The first-order valence-corrected chi connectivity index (χ1v) is 5.62. The van der Waals surface area contributed by atoms with E-state index in [1.807, 2.05) is 0 Å². The van der Waals surface area contributed by atoms with Crippen LogP contribution in [0.25, 0.3) is 0 Å². The molecular formula is C14H14F2N2O. The number of carbonyl (C=O) groups is 1. The van der Waals surface area contributed by atoms with Crippen LogP contribution in [0.2, 0.25) is 0 Å². The molecule has 5 heteroatoms. The third-order valence-corrected chi connectivity index (χ3v) is 2.35. The SMILES string of the molecule is CC(C)(C)C(=O)/C(C#N)=C\Nc1ccc(F)cc1F. The van der Waals surface area contributed by atoms with Crippen LogP contribution < -0.4 is 5.32 Å². The van der Waals surface area contributed by atoms with Gasteiger partial charge in [-0.05, 0) is 12.1 Å². The topological polar surface area (TPSA) is 52.9 Å². The Kier molecular flexibility index (Phi) is 4.38. The second-order valence-corrected chi connectivity index (χ2v) is 5.02. The van der Waals surface area contributed by atoms with E-state index >= 15 is 0 Å². The van der Waals surface area contributed by atoms with Crippen molar-refractivity contribution in [3.63, 3.8) is 0 Å². The predicted molar refractivity (Wildman–Crippen MR) is 68.1 cm³/mol. The molecule has 0 aliphatic rings. The van der Waals surface area contributed by atoms with E-state index in [1.54, 1.807) is 26.8 Å². The minimum atomic E-state index is -0.795. The fourth-order valence-electron chi connectivity index (χ4n) is 1.31. The summed E-state index contributed by atoms with van der Waals surface area (Å²) < 4.78 is 26.0. The molecule has 1 aromatic carbocycles. The number of hydrogen-bond acceptors (Lipinski definition) is 3. The Balaban J connectivity index is 2.96. The molecular weight excluding hydrogens is 250 g/mol. The van der Waals surface area contributed by atoms with Crippen molar-refractivity contribution in [2.45, 2.75) is 20.8 Å². The maximum Gasteiger partial charge on any atom is 0.180 e. The number of nitrogens with one attached hydrogen (secondary N) is 1. The van der Waals surface area contributed by atoms with Crippen molar-refractivity contribution in [3.8, 4) is 6.07 Å². The number of nitrogens with zero attached hydrogens (tertiary/aromatic N) is 1. The minimum Gasteiger partial charge on any atom is -0.358 e. The fourth-order valence-corrected chi connectivity index (χ4v) is 1.31. The molecule has 19 heavy (non-hydrogen) atoms. The van der Waals surface area contributed by atoms with E-state index in [4.69, 9.17) is 5.26 Å². The first-order chi connectivity index (χ1) is 8.75. The smallest absolute Gasteiger partial charge is 0.180 e. The fraction of sp³-hybridized carbons (Fsp3) is 0.286. The molecule has 1 rings (SSSR count). The summed E-state index contributed by atoms with van der Waals surface area (Å²) in [7, 11) is 0. The van der Waals surface area contributed by atoms with E-state index in [0.717, 1.165) is 12.3 Å². The van der Waals surface area contributed by atoms with Gasteiger partial charge in [-0.15, -0.1) is 0 Å². The summed E-state index contributed by atoms with van der Waals surface area (Å²) in [4.78, 5) is 11.9. The van der Waals surface area contributed by atoms with Crippen LogP contribution in [0.1, 0.15) is 20.8 Å². The van der Waals surface area contributed by atoms with Crippen molar-refractivity contribution in [1.29, 1.82) is 5.26 Å². The van der Waals surface area contributed by atoms with E-state index in [9.17, 15) is 13.6 Å². The van der Waals surface area contributed by atoms with Gasteiger partial charge in [-0.1, -0.05) is 20.8 Å². The number of allylic oxidation sites excluding steroid dienone is 1. The molecule has 0 unspecified atom stereocenters. The zero-order chi connectivity index (χ0) is 14.6. The van der Waals surface area contributed by atoms with E-state index in [-0.39, 0.29) is 17.0 Å². The summed E-state index contributed by atoms with van der Waals surface area (Å²) >= 11 is 0. The lowest BCUT2D eigenvalue weighted by Gasteiger charge is -2.15. The van der Waals surface area contributed by atoms with Crippen LogP contribution in [0.3, 0.4) is 0 Å². The van der Waals surface area contributed by atoms with Gasteiger partial charge in [0.2, 0.25) is 0 Å². The first kappa shape index (κ1) is 14.8. The highest BCUT2D eigenvalue weighted by Crippen LogP contribution is 2.20. The Bertz CT molecular complexity index is 566. The number of nitriles is 1. The van der Waals surface area contributed by atoms with Crippen LogP contribution in [0, 0.1) is 28.4 Å². The summed E-state index contributed by atoms with van der Waals surface area (Å²) in [5.41, 5.74) is -0.822. The van der Waals surface area contributed by atoms with Gasteiger partial charge >= 0.3 is 0 Å². The zero-order valence-corrected chi connectivity index (χ0v) is 10.9. The Labute approximate surface area is 110 Å². The molecule has 0 radical (unpaired) electrons. The van der Waals surface area contributed by atoms with Crippen molar-refractivity contribution in [2.75, 3.05) is 5.32 Å². The van der Waals surface area contributed by atoms with Gasteiger partial charge in [-0.2, -0.15) is 5.26 Å². The van der Waals surface area contributed by atoms with Crippen LogP contribution >= 0.6 is 0 Å². The largest absolute Gasteiger partial charge is 0.358 e. The molecule has 3 nitrogen and oxygen atoms in total. The molecule has 0 fully saturated rings. The molecule has 0 saturated heterocycles. The third-order valence-electron chi connectivity index (χ3n) is 2.35. The number of rotatable bonds is 3. The van der Waals surface area contributed by atoms with Gasteiger partial charge in [0, 0.05) is 17.7 Å². The quantitative estimate of drug-likeness (QED) is 0.672. The highest BCUT2D eigenvalue weighted by molar-refractivity contribution is 6.02. The average molecular weight is 264 g/mol. The monoisotopic (exact) mass is 264 g/mol. The van der Waals surface area contributed by atoms with Gasteiger partial charge in [-0.25, -0.2) is 8.78 Å². The molecule has 0 spiro atoms.